The molecule has 7 nitrogen and oxygen atoms in total. The molecule has 0 bridgehead atoms. The van der Waals surface area contributed by atoms with Crippen LogP contribution in [0.25, 0.3) is 0 Å². The lowest BCUT2D eigenvalue weighted by atomic mass is 9.96. The third kappa shape index (κ3) is 6.29. The third-order valence-corrected chi connectivity index (χ3v) is 5.29. The largest absolute Gasteiger partial charge is 0.379 e. The predicted octanol–water partition coefficient (Wildman–Crippen LogP) is 0.701. The summed E-state index contributed by atoms with van der Waals surface area (Å²) in [6, 6.07) is 5.80. The molecule has 1 aromatic rings. The Morgan fingerprint density at radius 1 is 1.26 bits per heavy atom. The van der Waals surface area contributed by atoms with Gasteiger partial charge in [0.15, 0.2) is 0 Å². The van der Waals surface area contributed by atoms with Crippen LogP contribution in [-0.2, 0) is 20.7 Å². The van der Waals surface area contributed by atoms with E-state index in [1.165, 1.54) is 0 Å². The lowest BCUT2D eigenvalue weighted by Crippen LogP contribution is -2.46. The van der Waals surface area contributed by atoms with Gasteiger partial charge >= 0.3 is 0 Å². The highest BCUT2D eigenvalue weighted by Crippen LogP contribution is 2.18. The van der Waals surface area contributed by atoms with Crippen LogP contribution in [0, 0.1) is 5.92 Å². The Morgan fingerprint density at radius 3 is 2.89 bits per heavy atom. The van der Waals surface area contributed by atoms with E-state index in [2.05, 4.69) is 15.2 Å². The van der Waals surface area contributed by atoms with E-state index in [0.29, 0.717) is 32.5 Å². The number of carbonyl (C=O) groups is 2. The molecular formula is C20H30N4O3. The van der Waals surface area contributed by atoms with E-state index >= 15 is 0 Å². The van der Waals surface area contributed by atoms with Gasteiger partial charge in [-0.15, -0.1) is 0 Å². The van der Waals surface area contributed by atoms with Crippen molar-refractivity contribution in [2.45, 2.75) is 25.7 Å². The van der Waals surface area contributed by atoms with E-state index in [1.807, 2.05) is 23.1 Å². The van der Waals surface area contributed by atoms with Crippen LogP contribution in [0.1, 0.15) is 25.0 Å². The molecule has 3 rings (SSSR count). The lowest BCUT2D eigenvalue weighted by molar-refractivity contribution is -0.138. The Morgan fingerprint density at radius 2 is 2.11 bits per heavy atom. The fourth-order valence-corrected chi connectivity index (χ4v) is 3.62. The summed E-state index contributed by atoms with van der Waals surface area (Å²) >= 11 is 0. The maximum Gasteiger partial charge on any atom is 0.224 e. The number of morpholine rings is 1. The highest BCUT2D eigenvalue weighted by Gasteiger charge is 2.29. The van der Waals surface area contributed by atoms with Gasteiger partial charge in [-0.2, -0.15) is 0 Å². The molecule has 27 heavy (non-hydrogen) atoms. The molecule has 3 heterocycles. The molecule has 148 valence electrons. The molecule has 1 atom stereocenters. The van der Waals surface area contributed by atoms with Crippen LogP contribution in [0.15, 0.2) is 24.4 Å². The molecule has 0 aromatic carbocycles. The first-order valence-electron chi connectivity index (χ1n) is 9.98. The Labute approximate surface area is 161 Å². The summed E-state index contributed by atoms with van der Waals surface area (Å²) in [4.78, 5) is 33.1. The number of hydrogen-bond donors (Lipinski definition) is 1. The number of piperidine rings is 1. The smallest absolute Gasteiger partial charge is 0.224 e. The number of rotatable bonds is 8. The number of ether oxygens (including phenoxy) is 1. The number of likely N-dealkylation sites (tertiary alicyclic amines) is 1. The molecule has 0 radical (unpaired) electrons. The highest BCUT2D eigenvalue weighted by molar-refractivity contribution is 5.83. The zero-order chi connectivity index (χ0) is 18.9. The van der Waals surface area contributed by atoms with Gasteiger partial charge in [-0.25, -0.2) is 0 Å². The minimum absolute atomic E-state index is 0.0762. The standard InChI is InChI=1S/C20H30N4O3/c25-19-6-5-17(16-24(19)11-7-18-4-1-2-8-21-18)20(26)22-9-3-10-23-12-14-27-15-13-23/h1-2,4,8,17H,3,5-7,9-16H2,(H,22,26). The number of aromatic nitrogens is 1. The van der Waals surface area contributed by atoms with Crippen molar-refractivity contribution in [2.24, 2.45) is 5.92 Å². The second-order valence-electron chi connectivity index (χ2n) is 7.25. The van der Waals surface area contributed by atoms with Crippen molar-refractivity contribution in [1.29, 1.82) is 0 Å². The van der Waals surface area contributed by atoms with Crippen molar-refractivity contribution in [3.05, 3.63) is 30.1 Å². The van der Waals surface area contributed by atoms with E-state index < -0.39 is 0 Å². The van der Waals surface area contributed by atoms with E-state index in [1.54, 1.807) is 6.20 Å². The minimum Gasteiger partial charge on any atom is -0.379 e. The molecule has 2 fully saturated rings. The van der Waals surface area contributed by atoms with Crippen molar-refractivity contribution < 1.29 is 14.3 Å². The summed E-state index contributed by atoms with van der Waals surface area (Å²) in [7, 11) is 0. The van der Waals surface area contributed by atoms with Gasteiger partial charge in [0.1, 0.15) is 0 Å². The molecule has 2 aliphatic rings. The molecule has 0 spiro atoms. The van der Waals surface area contributed by atoms with Gasteiger partial charge in [0.25, 0.3) is 0 Å². The Bertz CT molecular complexity index is 605. The second kappa shape index (κ2) is 10.4. The maximum absolute atomic E-state index is 12.5. The van der Waals surface area contributed by atoms with Crippen molar-refractivity contribution >= 4 is 11.8 Å². The molecule has 2 saturated heterocycles. The molecule has 1 unspecified atom stereocenters. The predicted molar refractivity (Wildman–Crippen MR) is 102 cm³/mol. The molecular weight excluding hydrogens is 344 g/mol. The normalized spacial score (nSPS) is 21.3. The van der Waals surface area contributed by atoms with Crippen LogP contribution < -0.4 is 5.32 Å². The summed E-state index contributed by atoms with van der Waals surface area (Å²) in [5, 5.41) is 3.05. The van der Waals surface area contributed by atoms with E-state index in [9.17, 15) is 9.59 Å². The molecule has 2 aliphatic heterocycles. The Kier molecular flexibility index (Phi) is 7.59. The van der Waals surface area contributed by atoms with Crippen LogP contribution >= 0.6 is 0 Å². The topological polar surface area (TPSA) is 74.8 Å². The van der Waals surface area contributed by atoms with Crippen molar-refractivity contribution in [2.75, 3.05) is 52.5 Å². The number of hydrogen-bond acceptors (Lipinski definition) is 5. The first kappa shape index (κ1) is 19.8. The van der Waals surface area contributed by atoms with Crippen molar-refractivity contribution in [1.82, 2.24) is 20.1 Å². The molecule has 7 heteroatoms. The molecule has 1 aromatic heterocycles. The summed E-state index contributed by atoms with van der Waals surface area (Å²) in [6.45, 7) is 6.37. The van der Waals surface area contributed by atoms with Crippen LogP contribution in [0.5, 0.6) is 0 Å². The van der Waals surface area contributed by atoms with Crippen LogP contribution in [0.4, 0.5) is 0 Å². The fraction of sp³-hybridized carbons (Fsp3) is 0.650. The van der Waals surface area contributed by atoms with Crippen LogP contribution in [-0.4, -0.2) is 79.1 Å². The summed E-state index contributed by atoms with van der Waals surface area (Å²) in [6.07, 6.45) is 4.53. The molecule has 0 aliphatic carbocycles. The third-order valence-electron chi connectivity index (χ3n) is 5.29. The SMILES string of the molecule is O=C(NCCCN1CCOCC1)C1CCC(=O)N(CCc2ccccn2)C1. The van der Waals surface area contributed by atoms with E-state index in [4.69, 9.17) is 4.74 Å². The minimum atomic E-state index is -0.102. The van der Waals surface area contributed by atoms with Crippen LogP contribution in [0.2, 0.25) is 0 Å². The zero-order valence-corrected chi connectivity index (χ0v) is 15.9. The molecule has 1 N–H and O–H groups in total. The monoisotopic (exact) mass is 374 g/mol. The Balaban J connectivity index is 1.37. The average Bonchev–Trinajstić information content (AvgIpc) is 2.72. The number of amides is 2. The van der Waals surface area contributed by atoms with Crippen molar-refractivity contribution in [3.63, 3.8) is 0 Å². The Hall–Kier alpha value is -1.99. The van der Waals surface area contributed by atoms with Gasteiger partial charge in [0.2, 0.25) is 11.8 Å². The van der Waals surface area contributed by atoms with Crippen molar-refractivity contribution in [3.8, 4) is 0 Å². The van der Waals surface area contributed by atoms with Gasteiger partial charge in [-0.1, -0.05) is 6.07 Å². The number of pyridine rings is 1. The number of nitrogens with one attached hydrogen (secondary N) is 1. The first-order chi connectivity index (χ1) is 13.2. The number of nitrogens with zero attached hydrogens (tertiary/aromatic N) is 3. The quantitative estimate of drug-likeness (QED) is 0.678. The van der Waals surface area contributed by atoms with E-state index in [-0.39, 0.29) is 17.7 Å². The average molecular weight is 374 g/mol. The van der Waals surface area contributed by atoms with Crippen LogP contribution in [0.3, 0.4) is 0 Å². The lowest BCUT2D eigenvalue weighted by Gasteiger charge is -2.32. The highest BCUT2D eigenvalue weighted by atomic mass is 16.5. The van der Waals surface area contributed by atoms with Gasteiger partial charge in [0.05, 0.1) is 19.1 Å². The van der Waals surface area contributed by atoms with Gasteiger partial charge < -0.3 is 15.0 Å². The molecule has 0 saturated carbocycles. The molecule has 2 amide bonds. The van der Waals surface area contributed by atoms with Gasteiger partial charge in [0, 0.05) is 57.5 Å². The van der Waals surface area contributed by atoms with Gasteiger partial charge in [-0.05, 0) is 31.5 Å². The van der Waals surface area contributed by atoms with E-state index in [0.717, 1.165) is 51.4 Å². The fourth-order valence-electron chi connectivity index (χ4n) is 3.62. The maximum atomic E-state index is 12.5. The second-order valence-corrected chi connectivity index (χ2v) is 7.25. The zero-order valence-electron chi connectivity index (χ0n) is 15.9. The summed E-state index contributed by atoms with van der Waals surface area (Å²) in [5.41, 5.74) is 0.972. The summed E-state index contributed by atoms with van der Waals surface area (Å²) in [5.74, 6) is 0.115. The van der Waals surface area contributed by atoms with Gasteiger partial charge in [-0.3, -0.25) is 19.5 Å². The first-order valence-corrected chi connectivity index (χ1v) is 9.98. The summed E-state index contributed by atoms with van der Waals surface area (Å²) < 4.78 is 5.34. The number of carbonyl (C=O) groups excluding carboxylic acids is 2.